The number of rotatable bonds is 8. The van der Waals surface area contributed by atoms with Gasteiger partial charge in [-0.15, -0.1) is 0 Å². The normalized spacial score (nSPS) is 13.2. The van der Waals surface area contributed by atoms with Crippen LogP contribution in [-0.4, -0.2) is 15.0 Å². The van der Waals surface area contributed by atoms with Gasteiger partial charge in [0.05, 0.1) is 11.4 Å². The first-order valence-electron chi connectivity index (χ1n) is 15.5. The molecule has 2 heterocycles. The van der Waals surface area contributed by atoms with Gasteiger partial charge >= 0.3 is 0 Å². The van der Waals surface area contributed by atoms with E-state index in [0.29, 0.717) is 29.3 Å². The molecule has 1 aliphatic rings. The number of fused-ring (bicyclic) bond motifs is 1. The fraction of sp³-hybridized carbons (Fsp3) is 0.175. The second kappa shape index (κ2) is 13.1. The van der Waals surface area contributed by atoms with Crippen LogP contribution in [0.5, 0.6) is 0 Å². The monoisotopic (exact) mass is 606 g/mol. The molecule has 5 heteroatoms. The van der Waals surface area contributed by atoms with Crippen LogP contribution in [0.4, 0.5) is 11.4 Å². The standard InChI is InChI=1S/C40H38N4S/c1-7-11-36-34(8-2)44(35-12-9-10-13-37(35)45-36)33-24-22-32(23-25-33)40-42-38(30-18-14-28(15-19-30)26(3)4)41-39(43-40)31-20-16-29(17-21-31)27(5)6/h7-27H,2H2,1,3-6H3/b11-7-. The molecule has 4 aromatic carbocycles. The summed E-state index contributed by atoms with van der Waals surface area (Å²) < 4.78 is 0. The molecule has 0 radical (unpaired) electrons. The average molecular weight is 607 g/mol. The summed E-state index contributed by atoms with van der Waals surface area (Å²) in [5.74, 6) is 2.88. The molecule has 5 aromatic rings. The molecule has 0 atom stereocenters. The molecular formula is C40H38N4S. The maximum atomic E-state index is 4.99. The van der Waals surface area contributed by atoms with Crippen LogP contribution in [0.3, 0.4) is 0 Å². The van der Waals surface area contributed by atoms with Gasteiger partial charge in [-0.1, -0.05) is 119 Å². The molecule has 0 bridgehead atoms. The van der Waals surface area contributed by atoms with Gasteiger partial charge < -0.3 is 4.90 Å². The minimum absolute atomic E-state index is 0.456. The van der Waals surface area contributed by atoms with Gasteiger partial charge in [-0.3, -0.25) is 0 Å². The van der Waals surface area contributed by atoms with Gasteiger partial charge in [0, 0.05) is 32.2 Å². The van der Waals surface area contributed by atoms with Crippen molar-refractivity contribution in [2.24, 2.45) is 0 Å². The molecule has 1 aliphatic heterocycles. The highest BCUT2D eigenvalue weighted by Crippen LogP contribution is 2.47. The number of anilines is 2. The third kappa shape index (κ3) is 6.27. The van der Waals surface area contributed by atoms with Gasteiger partial charge in [0.1, 0.15) is 0 Å². The van der Waals surface area contributed by atoms with Gasteiger partial charge in [0.2, 0.25) is 0 Å². The Labute approximate surface area is 271 Å². The van der Waals surface area contributed by atoms with E-state index in [0.717, 1.165) is 38.7 Å². The van der Waals surface area contributed by atoms with Crippen molar-refractivity contribution in [1.29, 1.82) is 0 Å². The molecule has 0 saturated heterocycles. The average Bonchev–Trinajstić information content (AvgIpc) is 3.07. The van der Waals surface area contributed by atoms with Gasteiger partial charge in [-0.05, 0) is 72.4 Å². The Kier molecular flexibility index (Phi) is 8.81. The number of hydrogen-bond donors (Lipinski definition) is 0. The van der Waals surface area contributed by atoms with Crippen molar-refractivity contribution in [3.05, 3.63) is 144 Å². The molecule has 0 amide bonds. The van der Waals surface area contributed by atoms with Crippen LogP contribution in [0, 0.1) is 0 Å². The summed E-state index contributed by atoms with van der Waals surface area (Å²) in [7, 11) is 0. The molecule has 0 unspecified atom stereocenters. The lowest BCUT2D eigenvalue weighted by Gasteiger charge is -2.33. The maximum Gasteiger partial charge on any atom is 0.164 e. The third-order valence-electron chi connectivity index (χ3n) is 8.02. The summed E-state index contributed by atoms with van der Waals surface area (Å²) in [5.41, 5.74) is 8.69. The summed E-state index contributed by atoms with van der Waals surface area (Å²) in [5, 5.41) is 0. The van der Waals surface area contributed by atoms with E-state index < -0.39 is 0 Å². The molecule has 45 heavy (non-hydrogen) atoms. The van der Waals surface area contributed by atoms with Gasteiger partial charge in [-0.2, -0.15) is 0 Å². The van der Waals surface area contributed by atoms with E-state index in [9.17, 15) is 0 Å². The van der Waals surface area contributed by atoms with Gasteiger partial charge in [0.25, 0.3) is 0 Å². The van der Waals surface area contributed by atoms with E-state index in [4.69, 9.17) is 15.0 Å². The zero-order valence-electron chi connectivity index (χ0n) is 26.5. The highest BCUT2D eigenvalue weighted by Gasteiger charge is 2.24. The minimum atomic E-state index is 0.456. The number of nitrogens with zero attached hydrogens (tertiary/aromatic N) is 4. The number of para-hydroxylation sites is 1. The number of thioether (sulfide) groups is 1. The van der Waals surface area contributed by atoms with Crippen LogP contribution in [-0.2, 0) is 0 Å². The first-order valence-corrected chi connectivity index (χ1v) is 16.3. The van der Waals surface area contributed by atoms with Crippen LogP contribution in [0.15, 0.2) is 137 Å². The predicted octanol–water partition coefficient (Wildman–Crippen LogP) is 11.3. The second-order valence-corrected chi connectivity index (χ2v) is 12.8. The topological polar surface area (TPSA) is 41.9 Å². The largest absolute Gasteiger partial charge is 0.308 e. The Balaban J connectivity index is 1.44. The summed E-state index contributed by atoms with van der Waals surface area (Å²) in [4.78, 5) is 19.6. The van der Waals surface area contributed by atoms with Crippen molar-refractivity contribution in [3.63, 3.8) is 0 Å². The van der Waals surface area contributed by atoms with E-state index in [-0.39, 0.29) is 0 Å². The number of hydrogen-bond acceptors (Lipinski definition) is 5. The predicted molar refractivity (Wildman–Crippen MR) is 191 cm³/mol. The van der Waals surface area contributed by atoms with E-state index in [1.54, 1.807) is 11.8 Å². The van der Waals surface area contributed by atoms with Crippen molar-refractivity contribution >= 4 is 23.1 Å². The van der Waals surface area contributed by atoms with E-state index >= 15 is 0 Å². The Morgan fingerprint density at radius 2 is 1.11 bits per heavy atom. The lowest BCUT2D eigenvalue weighted by molar-refractivity contribution is 0.866. The van der Waals surface area contributed by atoms with E-state index in [1.807, 2.05) is 13.0 Å². The van der Waals surface area contributed by atoms with Crippen LogP contribution in [0.1, 0.15) is 57.6 Å². The highest BCUT2D eigenvalue weighted by atomic mass is 32.2. The zero-order valence-corrected chi connectivity index (χ0v) is 27.3. The molecule has 4 nitrogen and oxygen atoms in total. The first-order chi connectivity index (χ1) is 21.9. The number of aromatic nitrogens is 3. The SMILES string of the molecule is C=CC1=C(/C=C\C)Sc2ccccc2N1c1ccc(-c2nc(-c3ccc(C(C)C)cc3)nc(-c3ccc(C(C)C)cc3)n2)cc1. The molecule has 0 N–H and O–H groups in total. The van der Waals surface area contributed by atoms with Crippen LogP contribution in [0.2, 0.25) is 0 Å². The molecule has 0 fully saturated rings. The van der Waals surface area contributed by atoms with Gasteiger partial charge in [0.15, 0.2) is 17.5 Å². The van der Waals surface area contributed by atoms with E-state index in [1.165, 1.54) is 16.0 Å². The molecule has 0 aliphatic carbocycles. The molecule has 0 saturated carbocycles. The molecule has 6 rings (SSSR count). The second-order valence-electron chi connectivity index (χ2n) is 11.8. The molecule has 0 spiro atoms. The van der Waals surface area contributed by atoms with Crippen LogP contribution < -0.4 is 4.90 Å². The molecule has 1 aromatic heterocycles. The summed E-state index contributed by atoms with van der Waals surface area (Å²) >= 11 is 1.77. The van der Waals surface area contributed by atoms with Crippen molar-refractivity contribution in [1.82, 2.24) is 15.0 Å². The Morgan fingerprint density at radius 1 is 0.644 bits per heavy atom. The van der Waals surface area contributed by atoms with Crippen molar-refractivity contribution in [2.45, 2.75) is 51.3 Å². The molecule has 224 valence electrons. The summed E-state index contributed by atoms with van der Waals surface area (Å²) in [6.07, 6.45) is 6.16. The maximum absolute atomic E-state index is 4.99. The molecular weight excluding hydrogens is 569 g/mol. The van der Waals surface area contributed by atoms with E-state index in [2.05, 4.69) is 148 Å². The zero-order chi connectivity index (χ0) is 31.5. The lowest BCUT2D eigenvalue weighted by Crippen LogP contribution is -2.19. The smallest absolute Gasteiger partial charge is 0.164 e. The summed E-state index contributed by atoms with van der Waals surface area (Å²) in [6, 6.07) is 34.1. The highest BCUT2D eigenvalue weighted by molar-refractivity contribution is 8.03. The lowest BCUT2D eigenvalue weighted by atomic mass is 10.0. The van der Waals surface area contributed by atoms with Crippen molar-refractivity contribution in [2.75, 3.05) is 4.90 Å². The minimum Gasteiger partial charge on any atom is -0.308 e. The number of benzene rings is 4. The Bertz CT molecular complexity index is 1810. The fourth-order valence-electron chi connectivity index (χ4n) is 5.44. The van der Waals surface area contributed by atoms with Crippen molar-refractivity contribution < 1.29 is 0 Å². The fourth-order valence-corrected chi connectivity index (χ4v) is 6.57. The van der Waals surface area contributed by atoms with Gasteiger partial charge in [-0.25, -0.2) is 15.0 Å². The van der Waals surface area contributed by atoms with Crippen LogP contribution >= 0.6 is 11.8 Å². The third-order valence-corrected chi connectivity index (χ3v) is 9.15. The number of allylic oxidation sites excluding steroid dienone is 3. The van der Waals surface area contributed by atoms with Crippen LogP contribution in [0.25, 0.3) is 34.2 Å². The quantitative estimate of drug-likeness (QED) is 0.176. The Morgan fingerprint density at radius 3 is 1.56 bits per heavy atom. The summed E-state index contributed by atoms with van der Waals surface area (Å²) in [6.45, 7) is 15.0. The Hall–Kier alpha value is -4.74. The first kappa shape index (κ1) is 30.3. The van der Waals surface area contributed by atoms with Crippen molar-refractivity contribution in [3.8, 4) is 34.2 Å².